The quantitative estimate of drug-likeness (QED) is 0.362. The van der Waals surface area contributed by atoms with Gasteiger partial charge in [0.25, 0.3) is 0 Å². The van der Waals surface area contributed by atoms with Crippen LogP contribution in [0.2, 0.25) is 6.04 Å². The van der Waals surface area contributed by atoms with Gasteiger partial charge >= 0.3 is 11.9 Å². The fourth-order valence-corrected chi connectivity index (χ4v) is 1.51. The second-order valence-corrected chi connectivity index (χ2v) is 4.25. The molecule has 74 valence electrons. The summed E-state index contributed by atoms with van der Waals surface area (Å²) >= 11 is 0. The van der Waals surface area contributed by atoms with Crippen molar-refractivity contribution in [2.24, 2.45) is 0 Å². The van der Waals surface area contributed by atoms with E-state index >= 15 is 0 Å². The Morgan fingerprint density at radius 1 is 1.38 bits per heavy atom. The number of hydrogen-bond donors (Lipinski definition) is 0. The Labute approximate surface area is 79.7 Å². The van der Waals surface area contributed by atoms with E-state index in [2.05, 4.69) is 6.58 Å². The maximum atomic E-state index is 10.6. The minimum absolute atomic E-state index is 0.440. The molecule has 0 aliphatic rings. The lowest BCUT2D eigenvalue weighted by Gasteiger charge is -2.15. The fraction of sp³-hybridized carbons (Fsp3) is 0.500. The third-order valence-corrected chi connectivity index (χ3v) is 2.41. The van der Waals surface area contributed by atoms with Gasteiger partial charge in [-0.05, 0) is 0 Å². The molecule has 0 saturated heterocycles. The summed E-state index contributed by atoms with van der Waals surface area (Å²) in [6.07, 6.45) is -0.723. The molecule has 0 aromatic rings. The molecular weight excluding hydrogens is 188 g/mol. The third kappa shape index (κ3) is 7.26. The van der Waals surface area contributed by atoms with Gasteiger partial charge in [0, 0.05) is 19.9 Å². The van der Waals surface area contributed by atoms with Gasteiger partial charge in [-0.1, -0.05) is 0 Å². The van der Waals surface area contributed by atoms with Gasteiger partial charge in [0.2, 0.25) is 6.29 Å². The Morgan fingerprint density at radius 2 is 1.85 bits per heavy atom. The molecule has 0 heterocycles. The Bertz CT molecular complexity index is 186. The number of hydrogen-bond acceptors (Lipinski definition) is 4. The van der Waals surface area contributed by atoms with E-state index in [1.54, 1.807) is 5.70 Å². The highest BCUT2D eigenvalue weighted by atomic mass is 28.2. The van der Waals surface area contributed by atoms with Crippen LogP contribution in [0.1, 0.15) is 13.8 Å². The molecule has 0 aliphatic heterocycles. The van der Waals surface area contributed by atoms with E-state index in [9.17, 15) is 9.59 Å². The van der Waals surface area contributed by atoms with Gasteiger partial charge in [0.05, 0.1) is 9.52 Å². The molecule has 0 amide bonds. The first-order valence-corrected chi connectivity index (χ1v) is 5.83. The summed E-state index contributed by atoms with van der Waals surface area (Å²) in [5.41, 5.74) is 1.81. The lowest BCUT2D eigenvalue weighted by Crippen LogP contribution is -2.23. The predicted molar refractivity (Wildman–Crippen MR) is 50.9 cm³/mol. The fourth-order valence-electron chi connectivity index (χ4n) is 0.766. The van der Waals surface area contributed by atoms with Crippen molar-refractivity contribution in [2.45, 2.75) is 26.2 Å². The molecule has 0 spiro atoms. The van der Waals surface area contributed by atoms with E-state index < -0.39 is 27.7 Å². The predicted octanol–water partition coefficient (Wildman–Crippen LogP) is 0.169. The van der Waals surface area contributed by atoms with Gasteiger partial charge in [-0.25, -0.2) is 0 Å². The molecule has 13 heavy (non-hydrogen) atoms. The van der Waals surface area contributed by atoms with E-state index in [-0.39, 0.29) is 0 Å². The van der Waals surface area contributed by atoms with Crippen molar-refractivity contribution in [1.29, 1.82) is 0 Å². The molecule has 0 atom stereocenters. The van der Waals surface area contributed by atoms with Crippen LogP contribution in [0.25, 0.3) is 0 Å². The molecule has 0 N–H and O–H groups in total. The van der Waals surface area contributed by atoms with E-state index in [0.29, 0.717) is 6.04 Å². The van der Waals surface area contributed by atoms with Crippen molar-refractivity contribution in [3.8, 4) is 0 Å². The zero-order valence-electron chi connectivity index (χ0n) is 7.91. The van der Waals surface area contributed by atoms with Gasteiger partial charge in [-0.2, -0.15) is 0 Å². The normalized spacial score (nSPS) is 10.4. The van der Waals surface area contributed by atoms with Crippen molar-refractivity contribution < 1.29 is 19.1 Å². The number of carbonyl (C=O) groups is 2. The Morgan fingerprint density at radius 3 is 2.15 bits per heavy atom. The largest absolute Gasteiger partial charge is 0.426 e. The highest BCUT2D eigenvalue weighted by Crippen LogP contribution is 2.02. The molecule has 0 bridgehead atoms. The zero-order valence-corrected chi connectivity index (χ0v) is 9.32. The van der Waals surface area contributed by atoms with Crippen LogP contribution in [-0.4, -0.2) is 27.7 Å². The topological polar surface area (TPSA) is 52.6 Å². The van der Waals surface area contributed by atoms with Gasteiger partial charge in [0.15, 0.2) is 0 Å². The first-order chi connectivity index (χ1) is 6.06. The van der Waals surface area contributed by atoms with Gasteiger partial charge in [0.1, 0.15) is 0 Å². The SMILES string of the molecule is C=C[SiH2]CC(OC(C)=O)OC(C)=O. The van der Waals surface area contributed by atoms with Crippen molar-refractivity contribution in [2.75, 3.05) is 0 Å². The van der Waals surface area contributed by atoms with E-state index in [1.165, 1.54) is 13.8 Å². The minimum atomic E-state index is -0.723. The molecular formula is C8H14O4Si. The average molecular weight is 202 g/mol. The van der Waals surface area contributed by atoms with Gasteiger partial charge < -0.3 is 9.47 Å². The van der Waals surface area contributed by atoms with E-state index in [4.69, 9.17) is 9.47 Å². The summed E-state index contributed by atoms with van der Waals surface area (Å²) < 4.78 is 9.54. The third-order valence-electron chi connectivity index (χ3n) is 1.20. The molecule has 4 nitrogen and oxygen atoms in total. The van der Waals surface area contributed by atoms with Crippen LogP contribution in [0.4, 0.5) is 0 Å². The molecule has 0 radical (unpaired) electrons. The Kier molecular flexibility index (Phi) is 5.87. The maximum Gasteiger partial charge on any atom is 0.305 e. The standard InChI is InChI=1S/C8H14O4Si/c1-4-13-5-8(11-6(2)9)12-7(3)10/h4,8H,1,5,13H2,2-3H3. The second-order valence-electron chi connectivity index (χ2n) is 2.51. The van der Waals surface area contributed by atoms with Crippen LogP contribution in [0.15, 0.2) is 12.3 Å². The number of ether oxygens (including phenoxy) is 2. The van der Waals surface area contributed by atoms with Gasteiger partial charge in [-0.3, -0.25) is 9.59 Å². The second kappa shape index (κ2) is 6.42. The zero-order chi connectivity index (χ0) is 10.3. The maximum absolute atomic E-state index is 10.6. The van der Waals surface area contributed by atoms with Crippen LogP contribution in [-0.2, 0) is 19.1 Å². The summed E-state index contributed by atoms with van der Waals surface area (Å²) in [5.74, 6) is -0.881. The van der Waals surface area contributed by atoms with Crippen molar-refractivity contribution in [1.82, 2.24) is 0 Å². The van der Waals surface area contributed by atoms with Crippen molar-refractivity contribution >= 4 is 21.5 Å². The molecule has 0 saturated carbocycles. The highest BCUT2D eigenvalue weighted by molar-refractivity contribution is 6.41. The van der Waals surface area contributed by atoms with Crippen LogP contribution < -0.4 is 0 Å². The van der Waals surface area contributed by atoms with Crippen LogP contribution in [0, 0.1) is 0 Å². The van der Waals surface area contributed by atoms with Gasteiger partial charge in [-0.15, -0.1) is 12.3 Å². The Balaban J connectivity index is 3.93. The first kappa shape index (κ1) is 11.9. The summed E-state index contributed by atoms with van der Waals surface area (Å²) in [4.78, 5) is 21.1. The summed E-state index contributed by atoms with van der Waals surface area (Å²) in [5, 5.41) is 0. The van der Waals surface area contributed by atoms with E-state index in [0.717, 1.165) is 0 Å². The number of esters is 2. The molecule has 0 unspecified atom stereocenters. The van der Waals surface area contributed by atoms with Crippen LogP contribution in [0.5, 0.6) is 0 Å². The van der Waals surface area contributed by atoms with Crippen LogP contribution in [0.3, 0.4) is 0 Å². The van der Waals surface area contributed by atoms with Crippen molar-refractivity contribution in [3.05, 3.63) is 12.3 Å². The highest BCUT2D eigenvalue weighted by Gasteiger charge is 2.13. The summed E-state index contributed by atoms with van der Waals surface area (Å²) in [7, 11) is -0.502. The minimum Gasteiger partial charge on any atom is -0.426 e. The summed E-state index contributed by atoms with van der Waals surface area (Å²) in [6, 6.07) is 0.586. The molecule has 0 aromatic heterocycles. The monoisotopic (exact) mass is 202 g/mol. The Hall–Kier alpha value is -1.10. The number of carbonyl (C=O) groups excluding carboxylic acids is 2. The average Bonchev–Trinajstić information content (AvgIpc) is 1.98. The molecule has 0 aliphatic carbocycles. The molecule has 0 rings (SSSR count). The lowest BCUT2D eigenvalue weighted by molar-refractivity contribution is -0.181. The van der Waals surface area contributed by atoms with Crippen LogP contribution >= 0.6 is 0 Å². The smallest absolute Gasteiger partial charge is 0.305 e. The first-order valence-electron chi connectivity index (χ1n) is 4.01. The van der Waals surface area contributed by atoms with E-state index in [1.807, 2.05) is 0 Å². The van der Waals surface area contributed by atoms with Crippen molar-refractivity contribution in [3.63, 3.8) is 0 Å². The number of rotatable bonds is 5. The lowest BCUT2D eigenvalue weighted by atomic mass is 10.7. The summed E-state index contributed by atoms with van der Waals surface area (Å²) in [6.45, 7) is 6.14. The molecule has 0 fully saturated rings. The molecule has 5 heteroatoms. The molecule has 0 aromatic carbocycles.